The summed E-state index contributed by atoms with van der Waals surface area (Å²) in [6.45, 7) is 3.55. The fraction of sp³-hybridized carbons (Fsp3) is 0.917. The van der Waals surface area contributed by atoms with Gasteiger partial charge in [-0.25, -0.2) is 8.42 Å². The van der Waals surface area contributed by atoms with Gasteiger partial charge in [0.1, 0.15) is 0 Å². The van der Waals surface area contributed by atoms with Crippen LogP contribution in [0, 0.1) is 0 Å². The number of amides is 1. The van der Waals surface area contributed by atoms with Gasteiger partial charge in [-0.05, 0) is 19.4 Å². The Morgan fingerprint density at radius 1 is 1.42 bits per heavy atom. The monoisotopic (exact) mass is 292 g/mol. The van der Waals surface area contributed by atoms with Crippen molar-refractivity contribution in [1.82, 2.24) is 10.2 Å². The van der Waals surface area contributed by atoms with Crippen LogP contribution in [-0.2, 0) is 14.6 Å². The normalized spacial score (nSPS) is 21.7. The van der Waals surface area contributed by atoms with E-state index >= 15 is 0 Å². The molecule has 1 atom stereocenters. The minimum absolute atomic E-state index is 0.0226. The first-order valence-electron chi connectivity index (χ1n) is 6.80. The Hall–Kier alpha value is -0.660. The Labute approximate surface area is 115 Å². The highest BCUT2D eigenvalue weighted by molar-refractivity contribution is 7.91. The van der Waals surface area contributed by atoms with Crippen molar-refractivity contribution < 1.29 is 18.3 Å². The summed E-state index contributed by atoms with van der Waals surface area (Å²) in [6, 6.07) is -0.250. The Morgan fingerprint density at radius 3 is 2.68 bits per heavy atom. The molecule has 112 valence electrons. The first-order valence-corrected chi connectivity index (χ1v) is 8.62. The summed E-state index contributed by atoms with van der Waals surface area (Å²) in [5.74, 6) is 0.0496. The Bertz CT molecular complexity index is 383. The summed E-state index contributed by atoms with van der Waals surface area (Å²) in [4.78, 5) is 13.7. The molecule has 1 fully saturated rings. The molecular formula is C12H24N2O4S. The molecule has 1 aliphatic heterocycles. The second-order valence-electron chi connectivity index (χ2n) is 5.02. The molecule has 0 radical (unpaired) electrons. The lowest BCUT2D eigenvalue weighted by atomic mass is 10.2. The van der Waals surface area contributed by atoms with Crippen LogP contribution in [0.15, 0.2) is 0 Å². The van der Waals surface area contributed by atoms with Gasteiger partial charge in [-0.15, -0.1) is 0 Å². The molecule has 6 nitrogen and oxygen atoms in total. The third kappa shape index (κ3) is 6.35. The van der Waals surface area contributed by atoms with Crippen LogP contribution in [0.2, 0.25) is 0 Å². The molecule has 0 saturated carbocycles. The van der Waals surface area contributed by atoms with Gasteiger partial charge in [0.15, 0.2) is 9.84 Å². The molecule has 1 aliphatic rings. The molecule has 0 aliphatic carbocycles. The van der Waals surface area contributed by atoms with Gasteiger partial charge < -0.3 is 10.4 Å². The molecule has 1 rings (SSSR count). The number of nitrogens with zero attached hydrogens (tertiary/aromatic N) is 1. The number of unbranched alkanes of at least 4 members (excludes halogenated alkanes) is 1. The highest BCUT2D eigenvalue weighted by Gasteiger charge is 2.29. The van der Waals surface area contributed by atoms with Crippen LogP contribution in [0.1, 0.15) is 26.2 Å². The number of carbonyl (C=O) groups excluding carboxylic acids is 1. The SMILES string of the molecule is CCCCN(CCO)CC(=O)NC1CCS(=O)(=O)C1. The van der Waals surface area contributed by atoms with E-state index in [0.717, 1.165) is 19.4 Å². The van der Waals surface area contributed by atoms with Crippen molar-refractivity contribution in [2.45, 2.75) is 32.2 Å². The first-order chi connectivity index (χ1) is 8.96. The third-order valence-corrected chi connectivity index (χ3v) is 4.98. The zero-order valence-corrected chi connectivity index (χ0v) is 12.3. The van der Waals surface area contributed by atoms with Crippen molar-refractivity contribution in [3.63, 3.8) is 0 Å². The van der Waals surface area contributed by atoms with Crippen LogP contribution in [0.25, 0.3) is 0 Å². The molecule has 1 saturated heterocycles. The summed E-state index contributed by atoms with van der Waals surface area (Å²) >= 11 is 0. The van der Waals surface area contributed by atoms with Crippen LogP contribution < -0.4 is 5.32 Å². The van der Waals surface area contributed by atoms with Gasteiger partial charge in [-0.1, -0.05) is 13.3 Å². The highest BCUT2D eigenvalue weighted by atomic mass is 32.2. The second-order valence-corrected chi connectivity index (χ2v) is 7.25. The molecule has 1 amide bonds. The summed E-state index contributed by atoms with van der Waals surface area (Å²) in [6.07, 6.45) is 2.51. The fourth-order valence-corrected chi connectivity index (χ4v) is 3.85. The molecule has 2 N–H and O–H groups in total. The Kier molecular flexibility index (Phi) is 6.74. The topological polar surface area (TPSA) is 86.7 Å². The average Bonchev–Trinajstić information content (AvgIpc) is 2.65. The lowest BCUT2D eigenvalue weighted by Crippen LogP contribution is -2.43. The van der Waals surface area contributed by atoms with Crippen molar-refractivity contribution in [2.24, 2.45) is 0 Å². The predicted molar refractivity (Wildman–Crippen MR) is 73.6 cm³/mol. The summed E-state index contributed by atoms with van der Waals surface area (Å²) < 4.78 is 22.6. The van der Waals surface area contributed by atoms with Crippen molar-refractivity contribution in [1.29, 1.82) is 0 Å². The minimum atomic E-state index is -2.96. The van der Waals surface area contributed by atoms with Gasteiger partial charge in [0, 0.05) is 12.6 Å². The maximum absolute atomic E-state index is 11.8. The largest absolute Gasteiger partial charge is 0.395 e. The number of aliphatic hydroxyl groups excluding tert-OH is 1. The number of rotatable bonds is 8. The van der Waals surface area contributed by atoms with E-state index in [1.807, 2.05) is 4.90 Å². The molecule has 19 heavy (non-hydrogen) atoms. The van der Waals surface area contributed by atoms with Crippen molar-refractivity contribution in [3.8, 4) is 0 Å². The van der Waals surface area contributed by atoms with Gasteiger partial charge in [-0.3, -0.25) is 9.69 Å². The second kappa shape index (κ2) is 7.81. The zero-order valence-electron chi connectivity index (χ0n) is 11.5. The highest BCUT2D eigenvalue weighted by Crippen LogP contribution is 2.11. The molecule has 0 aromatic heterocycles. The molecular weight excluding hydrogens is 268 g/mol. The molecule has 0 aromatic carbocycles. The van der Waals surface area contributed by atoms with E-state index in [0.29, 0.717) is 13.0 Å². The number of carbonyl (C=O) groups is 1. The molecule has 0 spiro atoms. The van der Waals surface area contributed by atoms with E-state index in [1.54, 1.807) is 0 Å². The molecule has 0 aromatic rings. The Morgan fingerprint density at radius 2 is 2.16 bits per heavy atom. The first kappa shape index (κ1) is 16.4. The quantitative estimate of drug-likeness (QED) is 0.623. The maximum Gasteiger partial charge on any atom is 0.234 e. The smallest absolute Gasteiger partial charge is 0.234 e. The number of aliphatic hydroxyl groups is 1. The number of hydrogen-bond acceptors (Lipinski definition) is 5. The minimum Gasteiger partial charge on any atom is -0.395 e. The van der Waals surface area contributed by atoms with Crippen molar-refractivity contribution in [2.75, 3.05) is 37.7 Å². The van der Waals surface area contributed by atoms with Gasteiger partial charge >= 0.3 is 0 Å². The molecule has 1 unspecified atom stereocenters. The standard InChI is InChI=1S/C12H24N2O4S/c1-2-3-5-14(6-7-15)9-12(16)13-11-4-8-19(17,18)10-11/h11,15H,2-10H2,1H3,(H,13,16). The maximum atomic E-state index is 11.8. The summed E-state index contributed by atoms with van der Waals surface area (Å²) in [7, 11) is -2.96. The number of sulfone groups is 1. The molecule has 1 heterocycles. The van der Waals surface area contributed by atoms with Gasteiger partial charge in [0.05, 0.1) is 24.7 Å². The van der Waals surface area contributed by atoms with Gasteiger partial charge in [0.2, 0.25) is 5.91 Å². The number of nitrogens with one attached hydrogen (secondary N) is 1. The van der Waals surface area contributed by atoms with Crippen LogP contribution in [0.5, 0.6) is 0 Å². The summed E-state index contributed by atoms with van der Waals surface area (Å²) in [5, 5.41) is 11.7. The lowest BCUT2D eigenvalue weighted by Gasteiger charge is -2.21. The third-order valence-electron chi connectivity index (χ3n) is 3.21. The fourth-order valence-electron chi connectivity index (χ4n) is 2.18. The van der Waals surface area contributed by atoms with E-state index in [4.69, 9.17) is 5.11 Å². The van der Waals surface area contributed by atoms with E-state index in [1.165, 1.54) is 0 Å². The van der Waals surface area contributed by atoms with E-state index in [2.05, 4.69) is 12.2 Å². The Balaban J connectivity index is 2.35. The van der Waals surface area contributed by atoms with E-state index in [-0.39, 0.29) is 36.6 Å². The van der Waals surface area contributed by atoms with E-state index < -0.39 is 9.84 Å². The van der Waals surface area contributed by atoms with Gasteiger partial charge in [-0.2, -0.15) is 0 Å². The lowest BCUT2D eigenvalue weighted by molar-refractivity contribution is -0.122. The predicted octanol–water partition coefficient (Wildman–Crippen LogP) is -0.616. The van der Waals surface area contributed by atoms with Crippen LogP contribution in [0.3, 0.4) is 0 Å². The zero-order chi connectivity index (χ0) is 14.3. The molecule has 0 bridgehead atoms. The van der Waals surface area contributed by atoms with Crippen molar-refractivity contribution in [3.05, 3.63) is 0 Å². The van der Waals surface area contributed by atoms with Crippen LogP contribution >= 0.6 is 0 Å². The van der Waals surface area contributed by atoms with Gasteiger partial charge in [0.25, 0.3) is 0 Å². The van der Waals surface area contributed by atoms with E-state index in [9.17, 15) is 13.2 Å². The average molecular weight is 292 g/mol. The summed E-state index contributed by atoms with van der Waals surface area (Å²) in [5.41, 5.74) is 0. The van der Waals surface area contributed by atoms with Crippen molar-refractivity contribution >= 4 is 15.7 Å². The number of hydrogen-bond donors (Lipinski definition) is 2. The van der Waals surface area contributed by atoms with Crippen LogP contribution in [0.4, 0.5) is 0 Å². The van der Waals surface area contributed by atoms with Crippen LogP contribution in [-0.4, -0.2) is 68.1 Å². The molecule has 7 heteroatoms.